The summed E-state index contributed by atoms with van der Waals surface area (Å²) in [5, 5.41) is 6.10. The normalized spacial score (nSPS) is 18.1. The maximum absolute atomic E-state index is 13.1. The van der Waals surface area contributed by atoms with Gasteiger partial charge in [-0.2, -0.15) is 0 Å². The maximum Gasteiger partial charge on any atom is 0.238 e. The molecule has 3 rings (SSSR count). The fourth-order valence-electron chi connectivity index (χ4n) is 2.49. The van der Waals surface area contributed by atoms with Gasteiger partial charge in [-0.3, -0.25) is 10.1 Å². The van der Waals surface area contributed by atoms with Crippen molar-refractivity contribution in [1.82, 2.24) is 5.32 Å². The topological polar surface area (TPSA) is 41.1 Å². The molecule has 0 aromatic heterocycles. The van der Waals surface area contributed by atoms with E-state index < -0.39 is 0 Å². The van der Waals surface area contributed by atoms with Gasteiger partial charge in [-0.05, 0) is 36.2 Å². The lowest BCUT2D eigenvalue weighted by atomic mass is 9.96. The molecule has 0 unspecified atom stereocenters. The van der Waals surface area contributed by atoms with Crippen LogP contribution in [0.4, 0.5) is 10.1 Å². The Bertz CT molecular complexity index is 652. The van der Waals surface area contributed by atoms with Gasteiger partial charge < -0.3 is 5.32 Å². The Balaban J connectivity index is 2.09. The molecule has 2 aromatic carbocycles. The highest BCUT2D eigenvalue weighted by molar-refractivity contribution is 5.94. The molecular formula is C16H15FN2O. The monoisotopic (exact) mass is 270 g/mol. The molecule has 102 valence electrons. The fourth-order valence-corrected chi connectivity index (χ4v) is 2.49. The number of aryl methyl sites for hydroxylation is 1. The Labute approximate surface area is 116 Å². The lowest BCUT2D eigenvalue weighted by molar-refractivity contribution is -0.115. The first kappa shape index (κ1) is 12.8. The molecule has 1 aliphatic rings. The van der Waals surface area contributed by atoms with Gasteiger partial charge in [-0.25, -0.2) is 4.39 Å². The standard InChI is InChI=1S/C16H15FN2O/c1-10-2-7-14-13(8-10)16(18-9-15(20)19-14)11-3-5-12(17)6-4-11/h2-8,16,18H,9H2,1H3,(H,19,20)/t16-/m1/s1. The van der Waals surface area contributed by atoms with Crippen LogP contribution in [0.2, 0.25) is 0 Å². The van der Waals surface area contributed by atoms with Crippen molar-refractivity contribution < 1.29 is 9.18 Å². The molecule has 3 nitrogen and oxygen atoms in total. The van der Waals surface area contributed by atoms with Crippen molar-refractivity contribution in [2.24, 2.45) is 0 Å². The zero-order valence-corrected chi connectivity index (χ0v) is 11.1. The summed E-state index contributed by atoms with van der Waals surface area (Å²) in [5.41, 5.74) is 3.87. The van der Waals surface area contributed by atoms with E-state index in [1.165, 1.54) is 12.1 Å². The molecule has 0 fully saturated rings. The van der Waals surface area contributed by atoms with Gasteiger partial charge >= 0.3 is 0 Å². The molecule has 1 amide bonds. The van der Waals surface area contributed by atoms with E-state index in [0.717, 1.165) is 22.4 Å². The molecular weight excluding hydrogens is 255 g/mol. The highest BCUT2D eigenvalue weighted by Crippen LogP contribution is 2.31. The Morgan fingerprint density at radius 1 is 1.15 bits per heavy atom. The molecule has 4 heteroatoms. The molecule has 2 aromatic rings. The molecule has 0 saturated heterocycles. The van der Waals surface area contributed by atoms with Crippen LogP contribution in [0.1, 0.15) is 22.7 Å². The van der Waals surface area contributed by atoms with E-state index in [2.05, 4.69) is 10.6 Å². The van der Waals surface area contributed by atoms with Gasteiger partial charge in [0.2, 0.25) is 5.91 Å². The number of carbonyl (C=O) groups is 1. The minimum absolute atomic E-state index is 0.0697. The number of carbonyl (C=O) groups excluding carboxylic acids is 1. The minimum Gasteiger partial charge on any atom is -0.325 e. The quantitative estimate of drug-likeness (QED) is 0.836. The average molecular weight is 270 g/mol. The van der Waals surface area contributed by atoms with Crippen molar-refractivity contribution in [3.63, 3.8) is 0 Å². The predicted octanol–water partition coefficient (Wildman–Crippen LogP) is 2.77. The van der Waals surface area contributed by atoms with Crippen molar-refractivity contribution >= 4 is 11.6 Å². The molecule has 0 aliphatic carbocycles. The number of anilines is 1. The van der Waals surface area contributed by atoms with Crippen LogP contribution < -0.4 is 10.6 Å². The third-order valence-corrected chi connectivity index (χ3v) is 3.46. The van der Waals surface area contributed by atoms with Crippen molar-refractivity contribution in [3.8, 4) is 0 Å². The van der Waals surface area contributed by atoms with Gasteiger partial charge in [-0.1, -0.05) is 29.8 Å². The van der Waals surface area contributed by atoms with E-state index >= 15 is 0 Å². The lowest BCUT2D eigenvalue weighted by Gasteiger charge is -2.19. The van der Waals surface area contributed by atoms with E-state index in [1.54, 1.807) is 12.1 Å². The highest BCUT2D eigenvalue weighted by Gasteiger charge is 2.22. The van der Waals surface area contributed by atoms with Crippen molar-refractivity contribution in [1.29, 1.82) is 0 Å². The van der Waals surface area contributed by atoms with E-state index in [4.69, 9.17) is 0 Å². The maximum atomic E-state index is 13.1. The van der Waals surface area contributed by atoms with Crippen LogP contribution in [0.3, 0.4) is 0 Å². The van der Waals surface area contributed by atoms with Crippen molar-refractivity contribution in [3.05, 3.63) is 65.0 Å². The molecule has 20 heavy (non-hydrogen) atoms. The summed E-state index contributed by atoms with van der Waals surface area (Å²) in [4.78, 5) is 11.7. The summed E-state index contributed by atoms with van der Waals surface area (Å²) in [7, 11) is 0. The smallest absolute Gasteiger partial charge is 0.238 e. The second-order valence-electron chi connectivity index (χ2n) is 5.00. The predicted molar refractivity (Wildman–Crippen MR) is 76.1 cm³/mol. The van der Waals surface area contributed by atoms with Gasteiger partial charge in [0.15, 0.2) is 0 Å². The Morgan fingerprint density at radius 3 is 2.65 bits per heavy atom. The van der Waals surface area contributed by atoms with Gasteiger partial charge in [0.1, 0.15) is 5.82 Å². The summed E-state index contributed by atoms with van der Waals surface area (Å²) in [6.07, 6.45) is 0. The SMILES string of the molecule is Cc1ccc2c(c1)[C@@H](c1ccc(F)cc1)NCC(=O)N2. The number of rotatable bonds is 1. The zero-order chi connectivity index (χ0) is 14.1. The van der Waals surface area contributed by atoms with Gasteiger partial charge in [0, 0.05) is 5.69 Å². The fraction of sp³-hybridized carbons (Fsp3) is 0.188. The van der Waals surface area contributed by atoms with Crippen LogP contribution in [-0.2, 0) is 4.79 Å². The van der Waals surface area contributed by atoms with Gasteiger partial charge in [0.25, 0.3) is 0 Å². The second kappa shape index (κ2) is 5.06. The van der Waals surface area contributed by atoms with Crippen LogP contribution in [0.5, 0.6) is 0 Å². The van der Waals surface area contributed by atoms with Gasteiger partial charge in [-0.15, -0.1) is 0 Å². The van der Waals surface area contributed by atoms with Crippen LogP contribution in [-0.4, -0.2) is 12.5 Å². The summed E-state index contributed by atoms with van der Waals surface area (Å²) in [6, 6.07) is 12.2. The third-order valence-electron chi connectivity index (χ3n) is 3.46. The molecule has 2 N–H and O–H groups in total. The van der Waals surface area contributed by atoms with E-state index in [0.29, 0.717) is 0 Å². The van der Waals surface area contributed by atoms with Crippen molar-refractivity contribution in [2.45, 2.75) is 13.0 Å². The van der Waals surface area contributed by atoms with Crippen LogP contribution >= 0.6 is 0 Å². The first-order valence-corrected chi connectivity index (χ1v) is 6.53. The molecule has 0 radical (unpaired) electrons. The van der Waals surface area contributed by atoms with Crippen LogP contribution in [0.25, 0.3) is 0 Å². The molecule has 0 bridgehead atoms. The largest absolute Gasteiger partial charge is 0.325 e. The Morgan fingerprint density at radius 2 is 1.90 bits per heavy atom. The number of benzene rings is 2. The lowest BCUT2D eigenvalue weighted by Crippen LogP contribution is -2.27. The zero-order valence-electron chi connectivity index (χ0n) is 11.1. The number of halogens is 1. The highest BCUT2D eigenvalue weighted by atomic mass is 19.1. The number of hydrogen-bond donors (Lipinski definition) is 2. The second-order valence-corrected chi connectivity index (χ2v) is 5.00. The number of nitrogens with one attached hydrogen (secondary N) is 2. The van der Waals surface area contributed by atoms with Crippen LogP contribution in [0, 0.1) is 12.7 Å². The number of fused-ring (bicyclic) bond motifs is 1. The van der Waals surface area contributed by atoms with Crippen LogP contribution in [0.15, 0.2) is 42.5 Å². The average Bonchev–Trinajstić information content (AvgIpc) is 2.58. The Kier molecular flexibility index (Phi) is 3.24. The molecule has 0 saturated carbocycles. The summed E-state index contributed by atoms with van der Waals surface area (Å²) in [6.45, 7) is 2.24. The minimum atomic E-state index is -0.263. The number of amides is 1. The molecule has 1 heterocycles. The molecule has 0 spiro atoms. The first-order valence-electron chi connectivity index (χ1n) is 6.53. The van der Waals surface area contributed by atoms with E-state index in [-0.39, 0.29) is 24.3 Å². The molecule has 1 atom stereocenters. The summed E-state index contributed by atoms with van der Waals surface area (Å²) >= 11 is 0. The Hall–Kier alpha value is -2.20. The first-order chi connectivity index (χ1) is 9.63. The van der Waals surface area contributed by atoms with Gasteiger partial charge in [0.05, 0.1) is 12.6 Å². The number of hydrogen-bond acceptors (Lipinski definition) is 2. The van der Waals surface area contributed by atoms with E-state index in [9.17, 15) is 9.18 Å². The molecule has 1 aliphatic heterocycles. The van der Waals surface area contributed by atoms with E-state index in [1.807, 2.05) is 25.1 Å². The third kappa shape index (κ3) is 2.42. The van der Waals surface area contributed by atoms with Crippen molar-refractivity contribution in [2.75, 3.05) is 11.9 Å². The summed E-state index contributed by atoms with van der Waals surface area (Å²) < 4.78 is 13.1. The summed E-state index contributed by atoms with van der Waals surface area (Å²) in [5.74, 6) is -0.333.